The molecule has 3 heterocycles. The van der Waals surface area contributed by atoms with Crippen LogP contribution in [-0.2, 0) is 6.42 Å². The van der Waals surface area contributed by atoms with Crippen molar-refractivity contribution in [2.75, 3.05) is 31.1 Å². The average Bonchev–Trinajstić information content (AvgIpc) is 2.84. The van der Waals surface area contributed by atoms with Crippen LogP contribution in [0.3, 0.4) is 0 Å². The summed E-state index contributed by atoms with van der Waals surface area (Å²) in [5, 5.41) is 3.43. The molecule has 110 valence electrons. The zero-order valence-corrected chi connectivity index (χ0v) is 12.4. The second kappa shape index (κ2) is 6.63. The number of aryl methyl sites for hydroxylation is 1. The second-order valence-electron chi connectivity index (χ2n) is 5.21. The Morgan fingerprint density at radius 1 is 1.14 bits per heavy atom. The Kier molecular flexibility index (Phi) is 4.40. The molecule has 5 heteroatoms. The van der Waals surface area contributed by atoms with E-state index in [-0.39, 0.29) is 0 Å². The molecule has 21 heavy (non-hydrogen) atoms. The lowest BCUT2D eigenvalue weighted by molar-refractivity contribution is 0.724. The Morgan fingerprint density at radius 3 is 2.81 bits per heavy atom. The molecule has 0 saturated carbocycles. The monoisotopic (exact) mass is 283 g/mol. The maximum absolute atomic E-state index is 4.71. The minimum atomic E-state index is 0.845. The summed E-state index contributed by atoms with van der Waals surface area (Å²) in [6, 6.07) is 6.09. The first-order valence-corrected chi connectivity index (χ1v) is 7.61. The van der Waals surface area contributed by atoms with Gasteiger partial charge in [0.2, 0.25) is 0 Å². The molecule has 2 aromatic heterocycles. The molecular weight excluding hydrogens is 262 g/mol. The molecule has 1 fully saturated rings. The minimum absolute atomic E-state index is 0.845. The maximum atomic E-state index is 4.71. The number of hydrogen-bond acceptors (Lipinski definition) is 5. The van der Waals surface area contributed by atoms with Gasteiger partial charge in [0, 0.05) is 50.1 Å². The first kappa shape index (κ1) is 13.9. The van der Waals surface area contributed by atoms with E-state index in [4.69, 9.17) is 4.98 Å². The van der Waals surface area contributed by atoms with Crippen LogP contribution in [0.15, 0.2) is 30.6 Å². The molecule has 0 aliphatic carbocycles. The van der Waals surface area contributed by atoms with Crippen LogP contribution in [0.5, 0.6) is 0 Å². The molecule has 0 unspecified atom stereocenters. The van der Waals surface area contributed by atoms with Crippen LogP contribution < -0.4 is 10.2 Å². The summed E-state index contributed by atoms with van der Waals surface area (Å²) in [5.41, 5.74) is 2.08. The van der Waals surface area contributed by atoms with Crippen LogP contribution in [0.1, 0.15) is 19.2 Å². The molecule has 3 rings (SSSR count). The van der Waals surface area contributed by atoms with Gasteiger partial charge in [0.15, 0.2) is 0 Å². The molecule has 1 saturated heterocycles. The van der Waals surface area contributed by atoms with E-state index in [1.54, 1.807) is 12.4 Å². The topological polar surface area (TPSA) is 53.9 Å². The van der Waals surface area contributed by atoms with Gasteiger partial charge in [0.05, 0.1) is 5.69 Å². The number of anilines is 1. The van der Waals surface area contributed by atoms with Crippen LogP contribution in [-0.4, -0.2) is 41.1 Å². The van der Waals surface area contributed by atoms with Crippen molar-refractivity contribution in [2.24, 2.45) is 0 Å². The minimum Gasteiger partial charge on any atom is -0.355 e. The molecule has 0 bridgehead atoms. The summed E-state index contributed by atoms with van der Waals surface area (Å²) in [4.78, 5) is 15.8. The summed E-state index contributed by atoms with van der Waals surface area (Å²) in [6.45, 7) is 6.23. The molecule has 0 atom stereocenters. The maximum Gasteiger partial charge on any atom is 0.132 e. The number of nitrogens with one attached hydrogen (secondary N) is 1. The Hall–Kier alpha value is -2.01. The summed E-state index contributed by atoms with van der Waals surface area (Å²) < 4.78 is 0. The van der Waals surface area contributed by atoms with Crippen molar-refractivity contribution in [1.29, 1.82) is 0 Å². The number of nitrogens with zero attached hydrogens (tertiary/aromatic N) is 4. The van der Waals surface area contributed by atoms with E-state index < -0.39 is 0 Å². The standard InChI is InChI=1S/C16H21N5/c1-2-15-19-14(13-4-7-18-8-5-13)12-16(20-15)21-10-3-6-17-9-11-21/h4-5,7-8,12,17H,2-3,6,9-11H2,1H3. The summed E-state index contributed by atoms with van der Waals surface area (Å²) in [7, 11) is 0. The van der Waals surface area contributed by atoms with Crippen molar-refractivity contribution >= 4 is 5.82 Å². The van der Waals surface area contributed by atoms with E-state index in [0.29, 0.717) is 0 Å². The fraction of sp³-hybridized carbons (Fsp3) is 0.438. The summed E-state index contributed by atoms with van der Waals surface area (Å²) >= 11 is 0. The number of aromatic nitrogens is 3. The lowest BCUT2D eigenvalue weighted by atomic mass is 10.2. The van der Waals surface area contributed by atoms with E-state index in [0.717, 1.165) is 61.9 Å². The number of rotatable bonds is 3. The van der Waals surface area contributed by atoms with Gasteiger partial charge in [-0.1, -0.05) is 6.92 Å². The third-order valence-electron chi connectivity index (χ3n) is 3.72. The van der Waals surface area contributed by atoms with Gasteiger partial charge in [-0.25, -0.2) is 9.97 Å². The van der Waals surface area contributed by atoms with E-state index >= 15 is 0 Å². The average molecular weight is 283 g/mol. The Balaban J connectivity index is 1.96. The molecule has 0 radical (unpaired) electrons. The molecule has 0 spiro atoms. The predicted molar refractivity (Wildman–Crippen MR) is 84.3 cm³/mol. The molecule has 5 nitrogen and oxygen atoms in total. The highest BCUT2D eigenvalue weighted by Gasteiger charge is 2.13. The fourth-order valence-electron chi connectivity index (χ4n) is 2.55. The normalized spacial score (nSPS) is 15.8. The van der Waals surface area contributed by atoms with Crippen molar-refractivity contribution in [1.82, 2.24) is 20.3 Å². The molecule has 1 aliphatic heterocycles. The molecule has 0 aromatic carbocycles. The van der Waals surface area contributed by atoms with E-state index in [1.807, 2.05) is 12.1 Å². The highest BCUT2D eigenvalue weighted by atomic mass is 15.2. The van der Waals surface area contributed by atoms with Crippen LogP contribution in [0.4, 0.5) is 5.82 Å². The molecule has 1 N–H and O–H groups in total. The van der Waals surface area contributed by atoms with E-state index in [1.165, 1.54) is 0 Å². The molecule has 0 amide bonds. The van der Waals surface area contributed by atoms with Gasteiger partial charge in [-0.3, -0.25) is 4.98 Å². The van der Waals surface area contributed by atoms with Crippen molar-refractivity contribution < 1.29 is 0 Å². The van der Waals surface area contributed by atoms with E-state index in [2.05, 4.69) is 33.2 Å². The van der Waals surface area contributed by atoms with Gasteiger partial charge in [0.25, 0.3) is 0 Å². The second-order valence-corrected chi connectivity index (χ2v) is 5.21. The zero-order valence-electron chi connectivity index (χ0n) is 12.4. The fourth-order valence-corrected chi connectivity index (χ4v) is 2.55. The Labute approximate surface area is 125 Å². The van der Waals surface area contributed by atoms with Gasteiger partial charge in [0.1, 0.15) is 11.6 Å². The van der Waals surface area contributed by atoms with Crippen LogP contribution in [0.25, 0.3) is 11.3 Å². The van der Waals surface area contributed by atoms with Gasteiger partial charge < -0.3 is 10.2 Å². The largest absolute Gasteiger partial charge is 0.355 e. The highest BCUT2D eigenvalue weighted by Crippen LogP contribution is 2.22. The van der Waals surface area contributed by atoms with Crippen LogP contribution >= 0.6 is 0 Å². The summed E-state index contributed by atoms with van der Waals surface area (Å²) in [6.07, 6.45) is 5.60. The number of pyridine rings is 1. The highest BCUT2D eigenvalue weighted by molar-refractivity contribution is 5.62. The van der Waals surface area contributed by atoms with Crippen molar-refractivity contribution in [3.05, 3.63) is 36.4 Å². The van der Waals surface area contributed by atoms with Crippen molar-refractivity contribution in [3.63, 3.8) is 0 Å². The first-order chi connectivity index (χ1) is 10.4. The van der Waals surface area contributed by atoms with Crippen molar-refractivity contribution in [3.8, 4) is 11.3 Å². The summed E-state index contributed by atoms with van der Waals surface area (Å²) in [5.74, 6) is 1.94. The SMILES string of the molecule is CCc1nc(-c2ccncc2)cc(N2CCCNCC2)n1. The quantitative estimate of drug-likeness (QED) is 0.932. The van der Waals surface area contributed by atoms with Gasteiger partial charge in [-0.2, -0.15) is 0 Å². The van der Waals surface area contributed by atoms with Gasteiger partial charge in [-0.05, 0) is 25.1 Å². The smallest absolute Gasteiger partial charge is 0.132 e. The van der Waals surface area contributed by atoms with Crippen molar-refractivity contribution in [2.45, 2.75) is 19.8 Å². The third kappa shape index (κ3) is 3.36. The predicted octanol–water partition coefficient (Wildman–Crippen LogP) is 1.90. The number of hydrogen-bond donors (Lipinski definition) is 1. The molecule has 1 aliphatic rings. The van der Waals surface area contributed by atoms with Crippen LogP contribution in [0, 0.1) is 0 Å². The third-order valence-corrected chi connectivity index (χ3v) is 3.72. The molecular formula is C16H21N5. The zero-order chi connectivity index (χ0) is 14.5. The molecule has 2 aromatic rings. The van der Waals surface area contributed by atoms with Gasteiger partial charge in [-0.15, -0.1) is 0 Å². The Morgan fingerprint density at radius 2 is 2.00 bits per heavy atom. The first-order valence-electron chi connectivity index (χ1n) is 7.61. The lowest BCUT2D eigenvalue weighted by Gasteiger charge is -2.22. The van der Waals surface area contributed by atoms with E-state index in [9.17, 15) is 0 Å². The van der Waals surface area contributed by atoms with Gasteiger partial charge >= 0.3 is 0 Å². The lowest BCUT2D eigenvalue weighted by Crippen LogP contribution is -2.29. The van der Waals surface area contributed by atoms with Crippen LogP contribution in [0.2, 0.25) is 0 Å². The Bertz CT molecular complexity index is 576.